The van der Waals surface area contributed by atoms with Crippen molar-refractivity contribution in [3.63, 3.8) is 0 Å². The van der Waals surface area contributed by atoms with Crippen LogP contribution in [0.1, 0.15) is 16.4 Å². The number of carbonyl (C=O) groups excluding carboxylic acids is 1. The molecule has 20 heavy (non-hydrogen) atoms. The normalized spacial score (nSPS) is 21.8. The maximum atomic E-state index is 12.1. The van der Waals surface area contributed by atoms with E-state index in [2.05, 4.69) is 5.32 Å². The van der Waals surface area contributed by atoms with Crippen molar-refractivity contribution in [2.75, 3.05) is 5.32 Å². The van der Waals surface area contributed by atoms with E-state index in [1.54, 1.807) is 0 Å². The van der Waals surface area contributed by atoms with Gasteiger partial charge in [0.05, 0.1) is 10.9 Å². The molecule has 3 nitrogen and oxygen atoms in total. The monoisotopic (exact) mass is 285 g/mol. The van der Waals surface area contributed by atoms with E-state index in [4.69, 9.17) is 0 Å². The summed E-state index contributed by atoms with van der Waals surface area (Å²) in [5.74, 6) is -0.354. The number of anilines is 1. The molecule has 4 heteroatoms. The third-order valence-electron chi connectivity index (χ3n) is 3.36. The fraction of sp³-hybridized carbons (Fsp3) is 0.188. The zero-order valence-corrected chi connectivity index (χ0v) is 11.9. The van der Waals surface area contributed by atoms with Crippen molar-refractivity contribution in [2.24, 2.45) is 0 Å². The van der Waals surface area contributed by atoms with Crippen molar-refractivity contribution in [1.29, 1.82) is 0 Å². The zero-order chi connectivity index (χ0) is 14.1. The van der Waals surface area contributed by atoms with Crippen molar-refractivity contribution in [1.82, 2.24) is 0 Å². The minimum Gasteiger partial charge on any atom is -0.382 e. The van der Waals surface area contributed by atoms with E-state index in [1.165, 1.54) is 11.8 Å². The predicted molar refractivity (Wildman–Crippen MR) is 80.9 cm³/mol. The Kier molecular flexibility index (Phi) is 3.51. The number of nitrogens with one attached hydrogen (secondary N) is 1. The molecule has 0 unspecified atom stereocenters. The van der Waals surface area contributed by atoms with Gasteiger partial charge in [-0.1, -0.05) is 42.0 Å². The van der Waals surface area contributed by atoms with Crippen LogP contribution in [-0.2, 0) is 4.79 Å². The van der Waals surface area contributed by atoms with E-state index in [1.807, 2.05) is 55.5 Å². The Labute approximate surface area is 122 Å². The van der Waals surface area contributed by atoms with Crippen molar-refractivity contribution < 1.29 is 9.90 Å². The van der Waals surface area contributed by atoms with Crippen LogP contribution in [0.15, 0.2) is 53.4 Å². The SMILES string of the molecule is Cc1ccc([C@@H]2Sc3ccccc3NC(=O)[C@@H]2O)cc1. The van der Waals surface area contributed by atoms with E-state index < -0.39 is 6.10 Å². The second-order valence-electron chi connectivity index (χ2n) is 4.88. The molecule has 1 amide bonds. The number of fused-ring (bicyclic) bond motifs is 1. The number of hydrogen-bond donors (Lipinski definition) is 2. The molecule has 2 aromatic rings. The van der Waals surface area contributed by atoms with Gasteiger partial charge in [-0.25, -0.2) is 0 Å². The van der Waals surface area contributed by atoms with Crippen LogP contribution in [0.25, 0.3) is 0 Å². The molecule has 2 atom stereocenters. The first kappa shape index (κ1) is 13.2. The summed E-state index contributed by atoms with van der Waals surface area (Å²) in [5, 5.41) is 12.8. The highest BCUT2D eigenvalue weighted by molar-refractivity contribution is 7.99. The number of hydrogen-bond acceptors (Lipinski definition) is 3. The molecular weight excluding hydrogens is 270 g/mol. The summed E-state index contributed by atoms with van der Waals surface area (Å²) in [6.07, 6.45) is -1.06. The van der Waals surface area contributed by atoms with Gasteiger partial charge in [0.2, 0.25) is 0 Å². The molecule has 0 aromatic heterocycles. The molecule has 3 rings (SSSR count). The molecule has 0 saturated heterocycles. The second-order valence-corrected chi connectivity index (χ2v) is 6.06. The van der Waals surface area contributed by atoms with Crippen molar-refractivity contribution >= 4 is 23.4 Å². The van der Waals surface area contributed by atoms with Gasteiger partial charge >= 0.3 is 0 Å². The first-order valence-electron chi connectivity index (χ1n) is 6.46. The molecule has 0 radical (unpaired) electrons. The third-order valence-corrected chi connectivity index (χ3v) is 4.75. The van der Waals surface area contributed by atoms with Crippen LogP contribution in [-0.4, -0.2) is 17.1 Å². The fourth-order valence-electron chi connectivity index (χ4n) is 2.22. The summed E-state index contributed by atoms with van der Waals surface area (Å²) in [5.41, 5.74) is 2.88. The number of amides is 1. The lowest BCUT2D eigenvalue weighted by Crippen LogP contribution is -2.30. The molecule has 0 aliphatic carbocycles. The molecule has 2 N–H and O–H groups in total. The Morgan fingerprint density at radius 3 is 2.55 bits per heavy atom. The lowest BCUT2D eigenvalue weighted by Gasteiger charge is -2.19. The number of aryl methyl sites for hydroxylation is 1. The largest absolute Gasteiger partial charge is 0.382 e. The third kappa shape index (κ3) is 2.44. The molecular formula is C16H15NO2S. The summed E-state index contributed by atoms with van der Waals surface area (Å²) >= 11 is 1.52. The molecule has 0 saturated carbocycles. The minimum atomic E-state index is -1.06. The molecule has 0 spiro atoms. The summed E-state index contributed by atoms with van der Waals surface area (Å²) in [4.78, 5) is 13.0. The van der Waals surface area contributed by atoms with Crippen molar-refractivity contribution in [3.05, 3.63) is 59.7 Å². The Balaban J connectivity index is 2.01. The van der Waals surface area contributed by atoms with Gasteiger partial charge in [-0.15, -0.1) is 11.8 Å². The average molecular weight is 285 g/mol. The van der Waals surface area contributed by atoms with Crippen LogP contribution in [0.4, 0.5) is 5.69 Å². The van der Waals surface area contributed by atoms with Gasteiger partial charge in [0.25, 0.3) is 5.91 Å². The number of para-hydroxylation sites is 1. The fourth-order valence-corrected chi connectivity index (χ4v) is 3.45. The van der Waals surface area contributed by atoms with Gasteiger partial charge in [-0.2, -0.15) is 0 Å². The lowest BCUT2D eigenvalue weighted by atomic mass is 10.1. The number of aliphatic hydroxyl groups excluding tert-OH is 1. The van der Waals surface area contributed by atoms with E-state index >= 15 is 0 Å². The molecule has 2 aromatic carbocycles. The lowest BCUT2D eigenvalue weighted by molar-refractivity contribution is -0.124. The quantitative estimate of drug-likeness (QED) is 0.846. The van der Waals surface area contributed by atoms with Crippen LogP contribution >= 0.6 is 11.8 Å². The van der Waals surface area contributed by atoms with Crippen molar-refractivity contribution in [2.45, 2.75) is 23.2 Å². The van der Waals surface area contributed by atoms with E-state index in [0.29, 0.717) is 0 Å². The van der Waals surface area contributed by atoms with Crippen LogP contribution in [0.3, 0.4) is 0 Å². The number of carbonyl (C=O) groups is 1. The summed E-state index contributed by atoms with van der Waals surface area (Å²) in [6, 6.07) is 15.5. The molecule has 1 aliphatic rings. The first-order chi connectivity index (χ1) is 9.65. The number of thioether (sulfide) groups is 1. The summed E-state index contributed by atoms with van der Waals surface area (Å²) < 4.78 is 0. The number of rotatable bonds is 1. The van der Waals surface area contributed by atoms with E-state index in [9.17, 15) is 9.90 Å². The molecule has 1 heterocycles. The van der Waals surface area contributed by atoms with E-state index in [0.717, 1.165) is 21.7 Å². The molecule has 102 valence electrons. The highest BCUT2D eigenvalue weighted by Crippen LogP contribution is 2.43. The van der Waals surface area contributed by atoms with Crippen LogP contribution in [0.5, 0.6) is 0 Å². The maximum Gasteiger partial charge on any atom is 0.254 e. The van der Waals surface area contributed by atoms with Gasteiger partial charge in [-0.3, -0.25) is 4.79 Å². The number of benzene rings is 2. The summed E-state index contributed by atoms with van der Waals surface area (Å²) in [6.45, 7) is 2.02. The molecule has 1 aliphatic heterocycles. The highest BCUT2D eigenvalue weighted by Gasteiger charge is 2.32. The van der Waals surface area contributed by atoms with Gasteiger partial charge < -0.3 is 10.4 Å². The topological polar surface area (TPSA) is 49.3 Å². The highest BCUT2D eigenvalue weighted by atomic mass is 32.2. The zero-order valence-electron chi connectivity index (χ0n) is 11.0. The van der Waals surface area contributed by atoms with Crippen LogP contribution < -0.4 is 5.32 Å². The first-order valence-corrected chi connectivity index (χ1v) is 7.34. The van der Waals surface area contributed by atoms with E-state index in [-0.39, 0.29) is 11.2 Å². The van der Waals surface area contributed by atoms with Gasteiger partial charge in [0.15, 0.2) is 0 Å². The van der Waals surface area contributed by atoms with Crippen LogP contribution in [0, 0.1) is 6.92 Å². The molecule has 0 fully saturated rings. The smallest absolute Gasteiger partial charge is 0.254 e. The Morgan fingerprint density at radius 1 is 1.10 bits per heavy atom. The van der Waals surface area contributed by atoms with Crippen LogP contribution in [0.2, 0.25) is 0 Å². The standard InChI is InChI=1S/C16H15NO2S/c1-10-6-8-11(9-7-10)15-14(18)16(19)17-12-4-2-3-5-13(12)20-15/h2-9,14-15,18H,1H3,(H,17,19)/t14-,15+/m1/s1. The Morgan fingerprint density at radius 2 is 1.80 bits per heavy atom. The second kappa shape index (κ2) is 5.31. The van der Waals surface area contributed by atoms with Gasteiger partial charge in [-0.05, 0) is 24.6 Å². The maximum absolute atomic E-state index is 12.1. The predicted octanol–water partition coefficient (Wildman–Crippen LogP) is 3.14. The number of aliphatic hydroxyl groups is 1. The van der Waals surface area contributed by atoms with Gasteiger partial charge in [0.1, 0.15) is 6.10 Å². The minimum absolute atomic E-state index is 0.292. The summed E-state index contributed by atoms with van der Waals surface area (Å²) in [7, 11) is 0. The average Bonchev–Trinajstić information content (AvgIpc) is 2.58. The Bertz CT molecular complexity index is 639. The Hall–Kier alpha value is -1.78. The van der Waals surface area contributed by atoms with Gasteiger partial charge in [0, 0.05) is 4.90 Å². The molecule has 0 bridgehead atoms. The van der Waals surface area contributed by atoms with Crippen molar-refractivity contribution in [3.8, 4) is 0 Å².